The molecule has 0 spiro atoms. The molecule has 3 rings (SSSR count). The first-order valence-electron chi connectivity index (χ1n) is 7.55. The van der Waals surface area contributed by atoms with Gasteiger partial charge < -0.3 is 14.8 Å². The Labute approximate surface area is 147 Å². The Morgan fingerprint density at radius 1 is 1.12 bits per heavy atom. The number of nitrogens with one attached hydrogen (secondary N) is 1. The third-order valence-corrected chi connectivity index (χ3v) is 5.50. The molecule has 0 radical (unpaired) electrons. The van der Waals surface area contributed by atoms with E-state index in [9.17, 15) is 13.9 Å². The molecule has 0 fully saturated rings. The van der Waals surface area contributed by atoms with E-state index in [0.717, 1.165) is 5.56 Å². The van der Waals surface area contributed by atoms with Crippen molar-refractivity contribution in [1.82, 2.24) is 5.32 Å². The molecule has 1 amide bonds. The van der Waals surface area contributed by atoms with Crippen LogP contribution in [0.5, 0.6) is 11.5 Å². The van der Waals surface area contributed by atoms with Gasteiger partial charge in [-0.1, -0.05) is 18.2 Å². The molecule has 1 aliphatic rings. The summed E-state index contributed by atoms with van der Waals surface area (Å²) in [5.41, 5.74) is 1.72. The normalized spacial score (nSPS) is 15.4. The van der Waals surface area contributed by atoms with Gasteiger partial charge in [-0.3, -0.25) is 13.9 Å². The van der Waals surface area contributed by atoms with Gasteiger partial charge >= 0.3 is 0 Å². The Morgan fingerprint density at radius 2 is 1.88 bits per heavy atom. The predicted octanol–water partition coefficient (Wildman–Crippen LogP) is 3.73. The average Bonchev–Trinajstić information content (AvgIpc) is 2.94. The summed E-state index contributed by atoms with van der Waals surface area (Å²) in [6, 6.07) is 10.4. The molecule has 6 nitrogen and oxygen atoms in total. The van der Waals surface area contributed by atoms with E-state index >= 15 is 0 Å². The van der Waals surface area contributed by atoms with Gasteiger partial charge in [0, 0.05) is 28.6 Å². The maximum atomic E-state index is 12.6. The molecule has 1 aliphatic heterocycles. The lowest BCUT2D eigenvalue weighted by molar-refractivity contribution is 0.0950. The van der Waals surface area contributed by atoms with Crippen LogP contribution in [-0.4, -0.2) is 29.2 Å². The molecule has 0 atom stereocenters. The summed E-state index contributed by atoms with van der Waals surface area (Å²) in [4.78, 5) is 12.9. The zero-order chi connectivity index (χ0) is 18.0. The van der Waals surface area contributed by atoms with Crippen molar-refractivity contribution >= 4 is 22.6 Å². The molecule has 0 bridgehead atoms. The number of ether oxygens (including phenoxy) is 2. The number of rotatable bonds is 5. The Morgan fingerprint density at radius 3 is 2.60 bits per heavy atom. The Kier molecular flexibility index (Phi) is 4.71. The summed E-state index contributed by atoms with van der Waals surface area (Å²) in [5.74, 6) is 0.855. The molecule has 0 saturated heterocycles. The standard InChI is InChI=1S/C18H19NO5S/c1-23-15-7-3-5-12(17(15)24-2)11-19-18(20)14-6-4-8-16-13(14)9-10-25(16,21)22/h3-10,21-22H,11H2,1-2H3,(H,19,20). The molecule has 2 aromatic rings. The zero-order valence-corrected chi connectivity index (χ0v) is 14.7. The van der Waals surface area contributed by atoms with Crippen molar-refractivity contribution < 1.29 is 23.4 Å². The summed E-state index contributed by atoms with van der Waals surface area (Å²) in [7, 11) is 0.153. The topological polar surface area (TPSA) is 88.0 Å². The van der Waals surface area contributed by atoms with Gasteiger partial charge in [0.1, 0.15) is 0 Å². The molecule has 0 aliphatic carbocycles. The lowest BCUT2D eigenvalue weighted by atomic mass is 10.1. The van der Waals surface area contributed by atoms with Crippen LogP contribution in [0.1, 0.15) is 21.5 Å². The molecule has 0 unspecified atom stereocenters. The molecule has 0 saturated carbocycles. The van der Waals surface area contributed by atoms with Gasteiger partial charge in [0.05, 0.1) is 19.1 Å². The van der Waals surface area contributed by atoms with Gasteiger partial charge in [0.15, 0.2) is 11.5 Å². The van der Waals surface area contributed by atoms with E-state index in [1.807, 2.05) is 12.1 Å². The fraction of sp³-hybridized carbons (Fsp3) is 0.167. The average molecular weight is 361 g/mol. The lowest BCUT2D eigenvalue weighted by Crippen LogP contribution is -2.24. The largest absolute Gasteiger partial charge is 0.493 e. The van der Waals surface area contributed by atoms with Gasteiger partial charge in [0.2, 0.25) is 0 Å². The highest BCUT2D eigenvalue weighted by Gasteiger charge is 2.25. The lowest BCUT2D eigenvalue weighted by Gasteiger charge is -2.25. The third-order valence-electron chi connectivity index (χ3n) is 3.98. The van der Waals surface area contributed by atoms with Gasteiger partial charge in [-0.15, -0.1) is 10.6 Å². The van der Waals surface area contributed by atoms with E-state index in [1.54, 1.807) is 44.6 Å². The van der Waals surface area contributed by atoms with Crippen LogP contribution in [0.4, 0.5) is 0 Å². The fourth-order valence-corrected chi connectivity index (χ4v) is 4.03. The number of para-hydroxylation sites is 1. The second-order valence-electron chi connectivity index (χ2n) is 5.45. The Hall–Kier alpha value is -2.48. The van der Waals surface area contributed by atoms with Crippen molar-refractivity contribution in [3.05, 3.63) is 58.5 Å². The van der Waals surface area contributed by atoms with Crippen molar-refractivity contribution in [2.75, 3.05) is 14.2 Å². The van der Waals surface area contributed by atoms with Crippen molar-refractivity contribution in [2.24, 2.45) is 0 Å². The van der Waals surface area contributed by atoms with Crippen molar-refractivity contribution in [3.8, 4) is 11.5 Å². The predicted molar refractivity (Wildman–Crippen MR) is 97.3 cm³/mol. The van der Waals surface area contributed by atoms with Crippen LogP contribution in [-0.2, 0) is 6.54 Å². The monoisotopic (exact) mass is 361 g/mol. The number of benzene rings is 2. The molecule has 3 N–H and O–H groups in total. The number of carbonyl (C=O) groups excluding carboxylic acids is 1. The maximum absolute atomic E-state index is 12.6. The van der Waals surface area contributed by atoms with Crippen LogP contribution in [0.15, 0.2) is 46.7 Å². The summed E-state index contributed by atoms with van der Waals surface area (Å²) in [6.07, 6.45) is 1.58. The highest BCUT2D eigenvalue weighted by atomic mass is 32.3. The second kappa shape index (κ2) is 6.79. The highest BCUT2D eigenvalue weighted by molar-refractivity contribution is 8.27. The fourth-order valence-electron chi connectivity index (χ4n) is 2.78. The first-order valence-corrected chi connectivity index (χ1v) is 9.16. The number of methoxy groups -OCH3 is 2. The zero-order valence-electron chi connectivity index (χ0n) is 13.9. The molecule has 2 aromatic carbocycles. The number of hydrogen-bond acceptors (Lipinski definition) is 5. The molecular formula is C18H19NO5S. The van der Waals surface area contributed by atoms with Gasteiger partial charge in [-0.05, 0) is 24.3 Å². The van der Waals surface area contributed by atoms with Gasteiger partial charge in [0.25, 0.3) is 5.91 Å². The quantitative estimate of drug-likeness (QED) is 0.755. The maximum Gasteiger partial charge on any atom is 0.252 e. The Bertz CT molecular complexity index is 847. The molecule has 7 heteroatoms. The minimum atomic E-state index is -2.95. The van der Waals surface area contributed by atoms with Gasteiger partial charge in [-0.2, -0.15) is 0 Å². The van der Waals surface area contributed by atoms with E-state index in [-0.39, 0.29) is 12.5 Å². The summed E-state index contributed by atoms with van der Waals surface area (Å²) >= 11 is 0. The van der Waals surface area contributed by atoms with Crippen LogP contribution in [0.2, 0.25) is 0 Å². The van der Waals surface area contributed by atoms with Crippen LogP contribution >= 0.6 is 10.6 Å². The SMILES string of the molecule is COc1cccc(CNC(=O)c2cccc3c2C=CS3(O)O)c1OC. The first kappa shape index (κ1) is 17.3. The van der Waals surface area contributed by atoms with E-state index in [0.29, 0.717) is 27.5 Å². The summed E-state index contributed by atoms with van der Waals surface area (Å²) in [6.45, 7) is 0.253. The molecule has 132 valence electrons. The van der Waals surface area contributed by atoms with E-state index in [2.05, 4.69) is 5.32 Å². The number of fused-ring (bicyclic) bond motifs is 1. The molecule has 25 heavy (non-hydrogen) atoms. The minimum absolute atomic E-state index is 0.253. The van der Waals surface area contributed by atoms with Crippen molar-refractivity contribution in [3.63, 3.8) is 0 Å². The molecule has 0 aromatic heterocycles. The summed E-state index contributed by atoms with van der Waals surface area (Å²) < 4.78 is 30.6. The first-order chi connectivity index (χ1) is 12.0. The second-order valence-corrected chi connectivity index (χ2v) is 7.35. The third kappa shape index (κ3) is 3.21. The van der Waals surface area contributed by atoms with Crippen LogP contribution < -0.4 is 14.8 Å². The summed E-state index contributed by atoms with van der Waals surface area (Å²) in [5, 5.41) is 4.17. The highest BCUT2D eigenvalue weighted by Crippen LogP contribution is 2.56. The van der Waals surface area contributed by atoms with E-state index < -0.39 is 10.6 Å². The van der Waals surface area contributed by atoms with Crippen molar-refractivity contribution in [1.29, 1.82) is 0 Å². The number of carbonyl (C=O) groups is 1. The van der Waals surface area contributed by atoms with E-state index in [4.69, 9.17) is 9.47 Å². The van der Waals surface area contributed by atoms with Gasteiger partial charge in [-0.25, -0.2) is 0 Å². The number of amides is 1. The Balaban J connectivity index is 1.82. The minimum Gasteiger partial charge on any atom is -0.493 e. The molecular weight excluding hydrogens is 342 g/mol. The van der Waals surface area contributed by atoms with Crippen LogP contribution in [0.3, 0.4) is 0 Å². The smallest absolute Gasteiger partial charge is 0.252 e. The van der Waals surface area contributed by atoms with Crippen LogP contribution in [0, 0.1) is 0 Å². The van der Waals surface area contributed by atoms with Crippen molar-refractivity contribution in [2.45, 2.75) is 11.4 Å². The molecule has 1 heterocycles. The van der Waals surface area contributed by atoms with Crippen LogP contribution in [0.25, 0.3) is 6.08 Å². The van der Waals surface area contributed by atoms with E-state index in [1.165, 1.54) is 5.41 Å². The number of hydrogen-bond donors (Lipinski definition) is 3.